The van der Waals surface area contributed by atoms with Gasteiger partial charge in [0.1, 0.15) is 12.2 Å². The molecule has 3 heterocycles. The number of rotatable bonds is 2. The summed E-state index contributed by atoms with van der Waals surface area (Å²) in [5.41, 5.74) is 2.46. The van der Waals surface area contributed by atoms with Crippen molar-refractivity contribution in [3.05, 3.63) is 21.7 Å². The highest BCUT2D eigenvalue weighted by atomic mass is 79.9. The average molecular weight is 452 g/mol. The van der Waals surface area contributed by atoms with Crippen LogP contribution in [0.2, 0.25) is 0 Å². The van der Waals surface area contributed by atoms with Gasteiger partial charge < -0.3 is 23.8 Å². The molecule has 5 aliphatic rings. The fourth-order valence-electron chi connectivity index (χ4n) is 6.35. The summed E-state index contributed by atoms with van der Waals surface area (Å²) in [6, 6.07) is 2.12. The van der Waals surface area contributed by atoms with E-state index in [0.717, 1.165) is 35.2 Å². The molecular weight excluding hydrogens is 426 g/mol. The Morgan fingerprint density at radius 1 is 1.46 bits per heavy atom. The summed E-state index contributed by atoms with van der Waals surface area (Å²) < 4.78 is 24.6. The Labute approximate surface area is 173 Å². The summed E-state index contributed by atoms with van der Waals surface area (Å²) in [6.45, 7) is 2.96. The average Bonchev–Trinajstić information content (AvgIpc) is 3.34. The van der Waals surface area contributed by atoms with Crippen LogP contribution in [0.25, 0.3) is 0 Å². The second-order valence-corrected chi connectivity index (χ2v) is 9.07. The SMILES string of the molecule is C.CCOC(=O)N1CC[C@]23c4c5c(Br)cc(OC)c4O[C@H]2C2O[C@H]2C[C@H]3[C@H]1C5. The number of methoxy groups -OCH3 is 1. The Kier molecular flexibility index (Phi) is 3.99. The first-order valence-corrected chi connectivity index (χ1v) is 10.5. The molecule has 0 radical (unpaired) electrons. The number of benzene rings is 1. The van der Waals surface area contributed by atoms with E-state index in [1.807, 2.05) is 17.9 Å². The minimum absolute atomic E-state index is 0. The van der Waals surface area contributed by atoms with E-state index >= 15 is 0 Å². The van der Waals surface area contributed by atoms with Gasteiger partial charge in [0.15, 0.2) is 11.5 Å². The molecule has 0 aromatic heterocycles. The lowest BCUT2D eigenvalue weighted by Gasteiger charge is -2.56. The number of carbonyl (C=O) groups is 1. The number of amides is 1. The maximum Gasteiger partial charge on any atom is 0.410 e. The normalized spacial score (nSPS) is 37.8. The molecule has 2 bridgehead atoms. The van der Waals surface area contributed by atoms with Gasteiger partial charge in [-0.05, 0) is 43.7 Å². The highest BCUT2D eigenvalue weighted by Crippen LogP contribution is 2.67. The molecular formula is C21H26BrNO5. The van der Waals surface area contributed by atoms with Gasteiger partial charge in [0, 0.05) is 28.0 Å². The zero-order valence-corrected chi connectivity index (χ0v) is 17.0. The Balaban J connectivity index is 0.00000171. The Hall–Kier alpha value is -1.47. The number of carbonyl (C=O) groups excluding carboxylic acids is 1. The number of ether oxygens (including phenoxy) is 4. The van der Waals surface area contributed by atoms with Gasteiger partial charge in [0.2, 0.25) is 0 Å². The number of piperidine rings is 1. The number of hydrogen-bond donors (Lipinski definition) is 0. The minimum atomic E-state index is -0.194. The lowest BCUT2D eigenvalue weighted by atomic mass is 9.52. The van der Waals surface area contributed by atoms with Crippen molar-refractivity contribution in [2.24, 2.45) is 5.92 Å². The second-order valence-electron chi connectivity index (χ2n) is 8.22. The van der Waals surface area contributed by atoms with Crippen molar-refractivity contribution < 1.29 is 23.7 Å². The third kappa shape index (κ3) is 2.04. The summed E-state index contributed by atoms with van der Waals surface area (Å²) in [5, 5.41) is 0. The Morgan fingerprint density at radius 2 is 2.29 bits per heavy atom. The summed E-state index contributed by atoms with van der Waals surface area (Å²) in [4.78, 5) is 14.6. The van der Waals surface area contributed by atoms with E-state index < -0.39 is 0 Å². The molecule has 1 spiro atoms. The van der Waals surface area contributed by atoms with Crippen LogP contribution in [0.15, 0.2) is 10.5 Å². The van der Waals surface area contributed by atoms with Crippen molar-refractivity contribution in [3.8, 4) is 11.5 Å². The van der Waals surface area contributed by atoms with Gasteiger partial charge in [-0.2, -0.15) is 0 Å². The predicted octanol–water partition coefficient (Wildman–Crippen LogP) is 3.67. The molecule has 152 valence electrons. The number of fused-ring (bicyclic) bond motifs is 2. The van der Waals surface area contributed by atoms with Crippen LogP contribution in [-0.2, 0) is 21.3 Å². The molecule has 6 rings (SSSR count). The van der Waals surface area contributed by atoms with Crippen LogP contribution in [0.1, 0.15) is 38.3 Å². The van der Waals surface area contributed by atoms with E-state index in [0.29, 0.717) is 19.1 Å². The molecule has 3 fully saturated rings. The molecule has 6 atom stereocenters. The molecule has 7 heteroatoms. The van der Waals surface area contributed by atoms with Gasteiger partial charge in [-0.15, -0.1) is 0 Å². The van der Waals surface area contributed by atoms with Crippen LogP contribution in [0.3, 0.4) is 0 Å². The second kappa shape index (κ2) is 6.02. The van der Waals surface area contributed by atoms with Gasteiger partial charge in [0.05, 0.1) is 19.8 Å². The van der Waals surface area contributed by atoms with Crippen molar-refractivity contribution in [2.45, 2.75) is 63.4 Å². The third-order valence-electron chi connectivity index (χ3n) is 7.35. The lowest BCUT2D eigenvalue weighted by Crippen LogP contribution is -2.66. The molecule has 1 amide bonds. The van der Waals surface area contributed by atoms with Crippen LogP contribution >= 0.6 is 15.9 Å². The molecule has 3 aliphatic heterocycles. The number of hydrogen-bond acceptors (Lipinski definition) is 5. The smallest absolute Gasteiger partial charge is 0.410 e. The van der Waals surface area contributed by atoms with Crippen LogP contribution in [0.5, 0.6) is 11.5 Å². The molecule has 2 aliphatic carbocycles. The molecule has 1 saturated carbocycles. The van der Waals surface area contributed by atoms with Gasteiger partial charge in [-0.1, -0.05) is 23.4 Å². The van der Waals surface area contributed by atoms with Crippen molar-refractivity contribution in [3.63, 3.8) is 0 Å². The maximum absolute atomic E-state index is 12.7. The predicted molar refractivity (Wildman–Crippen MR) is 106 cm³/mol. The van der Waals surface area contributed by atoms with E-state index in [1.165, 1.54) is 11.1 Å². The number of nitrogens with zero attached hydrogens (tertiary/aromatic N) is 1. The van der Waals surface area contributed by atoms with Crippen molar-refractivity contribution in [1.82, 2.24) is 4.90 Å². The zero-order chi connectivity index (χ0) is 18.5. The van der Waals surface area contributed by atoms with Crippen molar-refractivity contribution >= 4 is 22.0 Å². The van der Waals surface area contributed by atoms with E-state index in [2.05, 4.69) is 15.9 Å². The molecule has 6 nitrogen and oxygen atoms in total. The minimum Gasteiger partial charge on any atom is -0.493 e. The summed E-state index contributed by atoms with van der Waals surface area (Å²) in [7, 11) is 1.69. The molecule has 1 aromatic carbocycles. The van der Waals surface area contributed by atoms with Gasteiger partial charge in [0.25, 0.3) is 0 Å². The highest BCUT2D eigenvalue weighted by Gasteiger charge is 2.72. The van der Waals surface area contributed by atoms with Gasteiger partial charge >= 0.3 is 6.09 Å². The topological polar surface area (TPSA) is 60.5 Å². The molecule has 1 unspecified atom stereocenters. The zero-order valence-electron chi connectivity index (χ0n) is 15.4. The van der Waals surface area contributed by atoms with E-state index in [9.17, 15) is 4.79 Å². The quantitative estimate of drug-likeness (QED) is 0.641. The van der Waals surface area contributed by atoms with Crippen molar-refractivity contribution in [1.29, 1.82) is 0 Å². The van der Waals surface area contributed by atoms with Gasteiger partial charge in [-0.25, -0.2) is 4.79 Å². The fourth-order valence-corrected chi connectivity index (χ4v) is 6.92. The standard InChI is InChI=1S/C20H22BrNO5.CH4/c1-3-25-19(23)22-5-4-20-10-7-14-17(26-14)18(20)27-16-13(24-2)8-11(21)9(15(16)20)6-12(10)22;/h8,10,12,14,17-18H,3-7H2,1-2H3;1H4/t10-,12+,14-,17?,18-,20-;/m0./s1. The number of halogens is 1. The van der Waals surface area contributed by atoms with Crippen LogP contribution < -0.4 is 9.47 Å². The van der Waals surface area contributed by atoms with Gasteiger partial charge in [-0.3, -0.25) is 0 Å². The van der Waals surface area contributed by atoms with E-state index in [1.54, 1.807) is 7.11 Å². The molecule has 28 heavy (non-hydrogen) atoms. The Bertz CT molecular complexity index is 860. The highest BCUT2D eigenvalue weighted by molar-refractivity contribution is 9.10. The molecule has 0 N–H and O–H groups in total. The largest absolute Gasteiger partial charge is 0.493 e. The number of likely N-dealkylation sites (tertiary alicyclic amines) is 1. The molecule has 1 aromatic rings. The van der Waals surface area contributed by atoms with Crippen LogP contribution in [0.4, 0.5) is 4.79 Å². The monoisotopic (exact) mass is 451 g/mol. The summed E-state index contributed by atoms with van der Waals surface area (Å²) in [6.07, 6.45) is 2.92. The molecule has 2 saturated heterocycles. The van der Waals surface area contributed by atoms with Crippen LogP contribution in [0, 0.1) is 5.92 Å². The first-order valence-electron chi connectivity index (χ1n) is 9.75. The summed E-state index contributed by atoms with van der Waals surface area (Å²) >= 11 is 3.76. The summed E-state index contributed by atoms with van der Waals surface area (Å²) in [5.74, 6) is 2.01. The fraction of sp³-hybridized carbons (Fsp3) is 0.667. The third-order valence-corrected chi connectivity index (χ3v) is 8.06. The van der Waals surface area contributed by atoms with E-state index in [-0.39, 0.29) is 43.3 Å². The van der Waals surface area contributed by atoms with Crippen LogP contribution in [-0.4, -0.2) is 55.6 Å². The first kappa shape index (κ1) is 18.6. The lowest BCUT2D eigenvalue weighted by molar-refractivity contribution is -0.0389. The Morgan fingerprint density at radius 3 is 3.04 bits per heavy atom. The number of epoxide rings is 1. The van der Waals surface area contributed by atoms with Crippen molar-refractivity contribution in [2.75, 3.05) is 20.3 Å². The first-order chi connectivity index (χ1) is 13.1. The maximum atomic E-state index is 12.7. The van der Waals surface area contributed by atoms with E-state index in [4.69, 9.17) is 18.9 Å².